The van der Waals surface area contributed by atoms with Crippen molar-refractivity contribution < 1.29 is 0 Å². The van der Waals surface area contributed by atoms with Gasteiger partial charge in [0.25, 0.3) is 0 Å². The van der Waals surface area contributed by atoms with Crippen LogP contribution in [0.5, 0.6) is 0 Å². The molecule has 1 unspecified atom stereocenters. The van der Waals surface area contributed by atoms with E-state index >= 15 is 0 Å². The number of halogens is 1. The number of hydrogen-bond donors (Lipinski definition) is 0. The summed E-state index contributed by atoms with van der Waals surface area (Å²) >= 11 is 3.89. The number of aryl methyl sites for hydroxylation is 2. The van der Waals surface area contributed by atoms with Gasteiger partial charge in [-0.25, -0.2) is 0 Å². The molecule has 0 nitrogen and oxygen atoms in total. The van der Waals surface area contributed by atoms with Crippen LogP contribution < -0.4 is 0 Å². The van der Waals surface area contributed by atoms with Gasteiger partial charge in [-0.1, -0.05) is 82.2 Å². The van der Waals surface area contributed by atoms with Crippen molar-refractivity contribution in [3.8, 4) is 0 Å². The summed E-state index contributed by atoms with van der Waals surface area (Å²) in [5.41, 5.74) is 5.46. The highest BCUT2D eigenvalue weighted by Gasteiger charge is 2.13. The zero-order valence-corrected chi connectivity index (χ0v) is 14.0. The molecular weight excluding hydrogens is 320 g/mol. The van der Waals surface area contributed by atoms with E-state index in [9.17, 15) is 0 Å². The molecule has 21 heavy (non-hydrogen) atoms. The van der Waals surface area contributed by atoms with Crippen LogP contribution in [0.15, 0.2) is 60.7 Å². The Bertz CT molecular complexity index is 768. The topological polar surface area (TPSA) is 0 Å². The third-order valence-electron chi connectivity index (χ3n) is 4.05. The lowest BCUT2D eigenvalue weighted by atomic mass is 9.96. The summed E-state index contributed by atoms with van der Waals surface area (Å²) < 4.78 is 0. The molecule has 1 heteroatoms. The molecule has 3 aromatic rings. The maximum atomic E-state index is 3.89. The number of fused-ring (bicyclic) bond motifs is 1. The summed E-state index contributed by atoms with van der Waals surface area (Å²) in [6.45, 7) is 4.34. The van der Waals surface area contributed by atoms with E-state index in [0.29, 0.717) is 4.83 Å². The first-order chi connectivity index (χ1) is 10.1. The van der Waals surface area contributed by atoms with Crippen LogP contribution in [0.3, 0.4) is 0 Å². The minimum atomic E-state index is 0.350. The van der Waals surface area contributed by atoms with Crippen LogP contribution >= 0.6 is 15.9 Å². The molecule has 0 N–H and O–H groups in total. The minimum absolute atomic E-state index is 0.350. The average molecular weight is 339 g/mol. The SMILES string of the molecule is Cc1ccc(C)c(C(Br)Cc2cccc3ccccc23)c1. The summed E-state index contributed by atoms with van der Waals surface area (Å²) in [5, 5.41) is 2.67. The lowest BCUT2D eigenvalue weighted by Crippen LogP contribution is -1.99. The first kappa shape index (κ1) is 14.3. The third kappa shape index (κ3) is 3.03. The van der Waals surface area contributed by atoms with E-state index < -0.39 is 0 Å². The molecule has 0 aromatic heterocycles. The molecule has 0 aliphatic carbocycles. The predicted molar refractivity (Wildman–Crippen MR) is 95.2 cm³/mol. The fourth-order valence-electron chi connectivity index (χ4n) is 2.87. The van der Waals surface area contributed by atoms with E-state index in [-0.39, 0.29) is 0 Å². The molecule has 0 radical (unpaired) electrons. The summed E-state index contributed by atoms with van der Waals surface area (Å²) in [7, 11) is 0. The van der Waals surface area contributed by atoms with Crippen LogP contribution in [-0.2, 0) is 6.42 Å². The fourth-order valence-corrected chi connectivity index (χ4v) is 3.71. The summed E-state index contributed by atoms with van der Waals surface area (Å²) in [6.07, 6.45) is 1.01. The first-order valence-electron chi connectivity index (χ1n) is 7.33. The Balaban J connectivity index is 1.96. The molecule has 0 saturated heterocycles. The van der Waals surface area contributed by atoms with E-state index in [1.807, 2.05) is 0 Å². The van der Waals surface area contributed by atoms with Gasteiger partial charge in [0, 0.05) is 4.83 Å². The number of rotatable bonds is 3. The molecule has 0 heterocycles. The van der Waals surface area contributed by atoms with Crippen molar-refractivity contribution in [1.29, 1.82) is 0 Å². The standard InChI is InChI=1S/C20H19Br/c1-14-10-11-15(2)19(12-14)20(21)13-17-8-5-7-16-6-3-4-9-18(16)17/h3-12,20H,13H2,1-2H3. The molecule has 0 spiro atoms. The molecule has 0 aliphatic heterocycles. The van der Waals surface area contributed by atoms with Crippen molar-refractivity contribution in [2.75, 3.05) is 0 Å². The van der Waals surface area contributed by atoms with Crippen LogP contribution in [0.1, 0.15) is 27.1 Å². The van der Waals surface area contributed by atoms with Crippen LogP contribution in [0, 0.1) is 13.8 Å². The quantitative estimate of drug-likeness (QED) is 0.503. The molecule has 3 rings (SSSR count). The van der Waals surface area contributed by atoms with E-state index in [0.717, 1.165) is 6.42 Å². The zero-order valence-electron chi connectivity index (χ0n) is 12.4. The largest absolute Gasteiger partial charge is 0.0835 e. The Kier molecular flexibility index (Phi) is 4.12. The van der Waals surface area contributed by atoms with Gasteiger partial charge in [-0.05, 0) is 47.7 Å². The Hall–Kier alpha value is -1.60. The van der Waals surface area contributed by atoms with Gasteiger partial charge >= 0.3 is 0 Å². The van der Waals surface area contributed by atoms with Gasteiger partial charge in [0.1, 0.15) is 0 Å². The minimum Gasteiger partial charge on any atom is -0.0835 e. The van der Waals surface area contributed by atoms with Gasteiger partial charge in [-0.2, -0.15) is 0 Å². The molecule has 0 amide bonds. The van der Waals surface area contributed by atoms with Crippen LogP contribution in [0.2, 0.25) is 0 Å². The number of hydrogen-bond acceptors (Lipinski definition) is 0. The monoisotopic (exact) mass is 338 g/mol. The number of alkyl halides is 1. The van der Waals surface area contributed by atoms with Crippen LogP contribution in [0.25, 0.3) is 10.8 Å². The summed E-state index contributed by atoms with van der Waals surface area (Å²) in [6, 6.07) is 21.9. The molecule has 106 valence electrons. The third-order valence-corrected chi connectivity index (χ3v) is 4.87. The molecule has 3 aromatic carbocycles. The lowest BCUT2D eigenvalue weighted by Gasteiger charge is -2.15. The Morgan fingerprint density at radius 3 is 2.52 bits per heavy atom. The normalized spacial score (nSPS) is 12.5. The van der Waals surface area contributed by atoms with Gasteiger partial charge in [-0.15, -0.1) is 0 Å². The van der Waals surface area contributed by atoms with Crippen molar-refractivity contribution in [3.63, 3.8) is 0 Å². The number of benzene rings is 3. The maximum Gasteiger partial charge on any atom is 0.0438 e. The van der Waals surface area contributed by atoms with Gasteiger partial charge in [0.05, 0.1) is 0 Å². The lowest BCUT2D eigenvalue weighted by molar-refractivity contribution is 0.943. The van der Waals surface area contributed by atoms with Crippen molar-refractivity contribution in [2.45, 2.75) is 25.1 Å². The van der Waals surface area contributed by atoms with Gasteiger partial charge < -0.3 is 0 Å². The van der Waals surface area contributed by atoms with Crippen molar-refractivity contribution in [1.82, 2.24) is 0 Å². The predicted octanol–water partition coefficient (Wildman–Crippen LogP) is 6.14. The van der Waals surface area contributed by atoms with Crippen molar-refractivity contribution in [2.24, 2.45) is 0 Å². The molecular formula is C20H19Br. The molecule has 0 saturated carbocycles. The smallest absolute Gasteiger partial charge is 0.0438 e. The second-order valence-corrected chi connectivity index (χ2v) is 6.78. The van der Waals surface area contributed by atoms with E-state index in [1.54, 1.807) is 0 Å². The molecule has 1 atom stereocenters. The Morgan fingerprint density at radius 2 is 1.67 bits per heavy atom. The summed E-state index contributed by atoms with van der Waals surface area (Å²) in [4.78, 5) is 0.350. The molecule has 0 fully saturated rings. The van der Waals surface area contributed by atoms with Gasteiger partial charge in [0.15, 0.2) is 0 Å². The molecule has 0 aliphatic rings. The Morgan fingerprint density at radius 1 is 0.905 bits per heavy atom. The molecule has 0 bridgehead atoms. The highest BCUT2D eigenvalue weighted by Crippen LogP contribution is 2.32. The van der Waals surface area contributed by atoms with Crippen LogP contribution in [0.4, 0.5) is 0 Å². The fraction of sp³-hybridized carbons (Fsp3) is 0.200. The van der Waals surface area contributed by atoms with E-state index in [2.05, 4.69) is 90.4 Å². The van der Waals surface area contributed by atoms with E-state index in [4.69, 9.17) is 0 Å². The second kappa shape index (κ2) is 6.03. The van der Waals surface area contributed by atoms with Gasteiger partial charge in [-0.3, -0.25) is 0 Å². The van der Waals surface area contributed by atoms with Gasteiger partial charge in [0.2, 0.25) is 0 Å². The van der Waals surface area contributed by atoms with Crippen molar-refractivity contribution in [3.05, 3.63) is 82.9 Å². The highest BCUT2D eigenvalue weighted by atomic mass is 79.9. The first-order valence-corrected chi connectivity index (χ1v) is 8.24. The van der Waals surface area contributed by atoms with Crippen molar-refractivity contribution >= 4 is 26.7 Å². The Labute approximate surface area is 134 Å². The second-order valence-electron chi connectivity index (χ2n) is 5.67. The van der Waals surface area contributed by atoms with Crippen LogP contribution in [-0.4, -0.2) is 0 Å². The maximum absolute atomic E-state index is 3.89. The summed E-state index contributed by atoms with van der Waals surface area (Å²) in [5.74, 6) is 0. The average Bonchev–Trinajstić information content (AvgIpc) is 2.50. The highest BCUT2D eigenvalue weighted by molar-refractivity contribution is 9.09. The zero-order chi connectivity index (χ0) is 14.8. The van der Waals surface area contributed by atoms with E-state index in [1.165, 1.54) is 33.0 Å².